The third-order valence-electron chi connectivity index (χ3n) is 4.38. The van der Waals surface area contributed by atoms with E-state index in [4.69, 9.17) is 0 Å². The fourth-order valence-corrected chi connectivity index (χ4v) is 3.14. The molecule has 0 saturated carbocycles. The Morgan fingerprint density at radius 3 is 2.67 bits per heavy atom. The number of carbonyl (C=O) groups excluding carboxylic acids is 1. The SMILES string of the molecule is O=C1NCCn2cc(-c3ccncc3)c(Nc3cccc(C(F)(F)F)c3)c21. The molecular formula is C19H15F3N4O. The van der Waals surface area contributed by atoms with Gasteiger partial charge in [0.25, 0.3) is 5.91 Å². The highest BCUT2D eigenvalue weighted by molar-refractivity contribution is 6.04. The molecule has 1 aliphatic rings. The average Bonchev–Trinajstić information content (AvgIpc) is 3.02. The molecule has 2 aromatic heterocycles. The summed E-state index contributed by atoms with van der Waals surface area (Å²) in [5.74, 6) is -0.268. The van der Waals surface area contributed by atoms with Crippen LogP contribution in [0.2, 0.25) is 0 Å². The predicted octanol–water partition coefficient (Wildman–Crippen LogP) is 4.06. The number of alkyl halides is 3. The molecule has 3 aromatic rings. The minimum absolute atomic E-state index is 0.257. The van der Waals surface area contributed by atoms with Crippen molar-refractivity contribution in [1.82, 2.24) is 14.9 Å². The zero-order valence-electron chi connectivity index (χ0n) is 14.0. The minimum atomic E-state index is -4.44. The highest BCUT2D eigenvalue weighted by Crippen LogP contribution is 2.37. The van der Waals surface area contributed by atoms with Crippen LogP contribution in [0, 0.1) is 0 Å². The topological polar surface area (TPSA) is 59.0 Å². The van der Waals surface area contributed by atoms with E-state index in [9.17, 15) is 18.0 Å². The van der Waals surface area contributed by atoms with E-state index in [1.54, 1.807) is 24.5 Å². The molecule has 0 saturated heterocycles. The molecule has 1 aromatic carbocycles. The maximum atomic E-state index is 13.0. The van der Waals surface area contributed by atoms with Gasteiger partial charge in [0.2, 0.25) is 0 Å². The molecule has 0 spiro atoms. The third kappa shape index (κ3) is 3.25. The fraction of sp³-hybridized carbons (Fsp3) is 0.158. The van der Waals surface area contributed by atoms with E-state index in [0.29, 0.717) is 24.5 Å². The first-order valence-corrected chi connectivity index (χ1v) is 8.29. The molecule has 1 amide bonds. The van der Waals surface area contributed by atoms with Gasteiger partial charge in [0, 0.05) is 42.9 Å². The van der Waals surface area contributed by atoms with Crippen molar-refractivity contribution in [2.75, 3.05) is 11.9 Å². The molecule has 138 valence electrons. The number of rotatable bonds is 3. The van der Waals surface area contributed by atoms with Crippen LogP contribution in [0.4, 0.5) is 24.5 Å². The summed E-state index contributed by atoms with van der Waals surface area (Å²) in [5.41, 5.74) is 1.90. The van der Waals surface area contributed by atoms with Crippen LogP contribution in [0.25, 0.3) is 11.1 Å². The van der Waals surface area contributed by atoms with E-state index < -0.39 is 11.7 Å². The summed E-state index contributed by atoms with van der Waals surface area (Å²) in [4.78, 5) is 16.4. The monoisotopic (exact) mass is 372 g/mol. The lowest BCUT2D eigenvalue weighted by molar-refractivity contribution is -0.137. The lowest BCUT2D eigenvalue weighted by Gasteiger charge is -2.18. The van der Waals surface area contributed by atoms with Crippen LogP contribution in [0.15, 0.2) is 55.0 Å². The number of amides is 1. The van der Waals surface area contributed by atoms with Crippen LogP contribution in [-0.2, 0) is 12.7 Å². The molecule has 8 heteroatoms. The number of benzene rings is 1. The second kappa shape index (κ2) is 6.46. The smallest absolute Gasteiger partial charge is 0.353 e. The largest absolute Gasteiger partial charge is 0.416 e. The van der Waals surface area contributed by atoms with Crippen LogP contribution in [0.3, 0.4) is 0 Å². The molecule has 3 heterocycles. The lowest BCUT2D eigenvalue weighted by Crippen LogP contribution is -2.35. The van der Waals surface area contributed by atoms with Crippen molar-refractivity contribution in [3.05, 3.63) is 66.2 Å². The summed E-state index contributed by atoms with van der Waals surface area (Å²) in [7, 11) is 0. The Hall–Kier alpha value is -3.29. The Kier molecular flexibility index (Phi) is 4.10. The molecule has 0 bridgehead atoms. The highest BCUT2D eigenvalue weighted by atomic mass is 19.4. The fourth-order valence-electron chi connectivity index (χ4n) is 3.14. The Labute approximate surface area is 152 Å². The minimum Gasteiger partial charge on any atom is -0.353 e. The first kappa shape index (κ1) is 17.1. The van der Waals surface area contributed by atoms with E-state index in [1.807, 2.05) is 10.8 Å². The van der Waals surface area contributed by atoms with Gasteiger partial charge in [0.1, 0.15) is 5.69 Å². The van der Waals surface area contributed by atoms with Crippen molar-refractivity contribution in [2.45, 2.75) is 12.7 Å². The summed E-state index contributed by atoms with van der Waals surface area (Å²) < 4.78 is 40.9. The van der Waals surface area contributed by atoms with E-state index in [2.05, 4.69) is 15.6 Å². The molecule has 0 fully saturated rings. The maximum Gasteiger partial charge on any atom is 0.416 e. The van der Waals surface area contributed by atoms with Gasteiger partial charge in [-0.3, -0.25) is 9.78 Å². The zero-order valence-corrected chi connectivity index (χ0v) is 14.0. The Bertz CT molecular complexity index is 996. The molecule has 27 heavy (non-hydrogen) atoms. The van der Waals surface area contributed by atoms with Crippen molar-refractivity contribution in [2.24, 2.45) is 0 Å². The zero-order chi connectivity index (χ0) is 19.0. The molecule has 0 atom stereocenters. The number of halogens is 3. The van der Waals surface area contributed by atoms with Crippen molar-refractivity contribution in [3.63, 3.8) is 0 Å². The first-order valence-electron chi connectivity index (χ1n) is 8.29. The van der Waals surface area contributed by atoms with Crippen LogP contribution >= 0.6 is 0 Å². The van der Waals surface area contributed by atoms with Crippen LogP contribution < -0.4 is 10.6 Å². The number of anilines is 2. The summed E-state index contributed by atoms with van der Waals surface area (Å²) in [5, 5.41) is 5.79. The molecule has 0 aliphatic carbocycles. The van der Waals surface area contributed by atoms with Crippen molar-refractivity contribution >= 4 is 17.3 Å². The van der Waals surface area contributed by atoms with Crippen LogP contribution in [-0.4, -0.2) is 22.0 Å². The summed E-state index contributed by atoms with van der Waals surface area (Å²) in [6.07, 6.45) is 0.642. The Balaban J connectivity index is 1.82. The van der Waals surface area contributed by atoms with Crippen molar-refractivity contribution < 1.29 is 18.0 Å². The number of nitrogens with zero attached hydrogens (tertiary/aromatic N) is 2. The van der Waals surface area contributed by atoms with Crippen molar-refractivity contribution in [1.29, 1.82) is 0 Å². The van der Waals surface area contributed by atoms with Gasteiger partial charge in [-0.15, -0.1) is 0 Å². The lowest BCUT2D eigenvalue weighted by atomic mass is 10.1. The van der Waals surface area contributed by atoms with Gasteiger partial charge in [0.05, 0.1) is 11.3 Å². The average molecular weight is 372 g/mol. The number of nitrogens with one attached hydrogen (secondary N) is 2. The highest BCUT2D eigenvalue weighted by Gasteiger charge is 2.31. The van der Waals surface area contributed by atoms with Crippen LogP contribution in [0.5, 0.6) is 0 Å². The second-order valence-electron chi connectivity index (χ2n) is 6.16. The van der Waals surface area contributed by atoms with Gasteiger partial charge >= 0.3 is 6.18 Å². The maximum absolute atomic E-state index is 13.0. The number of hydrogen-bond donors (Lipinski definition) is 2. The molecule has 2 N–H and O–H groups in total. The number of fused-ring (bicyclic) bond motifs is 1. The van der Waals surface area contributed by atoms with E-state index >= 15 is 0 Å². The number of pyridine rings is 1. The van der Waals surface area contributed by atoms with E-state index in [0.717, 1.165) is 23.3 Å². The van der Waals surface area contributed by atoms with E-state index in [-0.39, 0.29) is 11.6 Å². The van der Waals surface area contributed by atoms with Crippen molar-refractivity contribution in [3.8, 4) is 11.1 Å². The Morgan fingerprint density at radius 2 is 1.93 bits per heavy atom. The van der Waals surface area contributed by atoms with Crippen LogP contribution in [0.1, 0.15) is 16.1 Å². The first-order chi connectivity index (χ1) is 12.9. The molecule has 0 unspecified atom stereocenters. The molecule has 4 rings (SSSR count). The van der Waals surface area contributed by atoms with Gasteiger partial charge in [0.15, 0.2) is 0 Å². The summed E-state index contributed by atoms with van der Waals surface area (Å²) in [6, 6.07) is 8.49. The molecule has 0 radical (unpaired) electrons. The third-order valence-corrected chi connectivity index (χ3v) is 4.38. The van der Waals surface area contributed by atoms with Gasteiger partial charge in [-0.05, 0) is 35.9 Å². The summed E-state index contributed by atoms with van der Waals surface area (Å²) >= 11 is 0. The van der Waals surface area contributed by atoms with E-state index in [1.165, 1.54) is 12.1 Å². The van der Waals surface area contributed by atoms with Gasteiger partial charge < -0.3 is 15.2 Å². The van der Waals surface area contributed by atoms with Gasteiger partial charge in [-0.2, -0.15) is 13.2 Å². The second-order valence-corrected chi connectivity index (χ2v) is 6.16. The number of carbonyl (C=O) groups is 1. The molecular weight excluding hydrogens is 357 g/mol. The standard InChI is InChI=1S/C19H15F3N4O/c20-19(21,22)13-2-1-3-14(10-13)25-16-15(12-4-6-23-7-5-12)11-26-9-8-24-18(27)17(16)26/h1-7,10-11,25H,8-9H2,(H,24,27). The predicted molar refractivity (Wildman–Crippen MR) is 94.7 cm³/mol. The molecule has 1 aliphatic heterocycles. The normalized spacial score (nSPS) is 13.8. The van der Waals surface area contributed by atoms with Gasteiger partial charge in [-0.1, -0.05) is 6.07 Å². The number of aromatic nitrogens is 2. The summed E-state index contributed by atoms with van der Waals surface area (Å²) in [6.45, 7) is 1.09. The van der Waals surface area contributed by atoms with Gasteiger partial charge in [-0.25, -0.2) is 0 Å². The Morgan fingerprint density at radius 1 is 1.15 bits per heavy atom. The molecule has 5 nitrogen and oxygen atoms in total. The quantitative estimate of drug-likeness (QED) is 0.729. The number of hydrogen-bond acceptors (Lipinski definition) is 3.